The first-order valence-corrected chi connectivity index (χ1v) is 7.64. The van der Waals surface area contributed by atoms with Crippen molar-refractivity contribution in [2.24, 2.45) is 0 Å². The lowest BCUT2D eigenvalue weighted by Gasteiger charge is -2.24. The molecule has 0 saturated heterocycles. The maximum absolute atomic E-state index is 11.9. The zero-order valence-corrected chi connectivity index (χ0v) is 14.2. The quantitative estimate of drug-likeness (QED) is 0.736. The van der Waals surface area contributed by atoms with Crippen LogP contribution >= 0.6 is 11.6 Å². The number of rotatable bonds is 6. The number of ether oxygens (including phenoxy) is 1. The molecule has 1 rings (SSSR count). The highest BCUT2D eigenvalue weighted by atomic mass is 35.5. The minimum atomic E-state index is -0.968. The molecule has 0 heterocycles. The lowest BCUT2D eigenvalue weighted by Crippen LogP contribution is -2.40. The average Bonchev–Trinajstić information content (AvgIpc) is 2.37. The van der Waals surface area contributed by atoms with Crippen LogP contribution in [0.1, 0.15) is 39.2 Å². The third kappa shape index (κ3) is 7.23. The molecule has 0 bridgehead atoms. The summed E-state index contributed by atoms with van der Waals surface area (Å²) in [7, 11) is 0. The van der Waals surface area contributed by atoms with Gasteiger partial charge in [-0.05, 0) is 45.7 Å². The van der Waals surface area contributed by atoms with Gasteiger partial charge < -0.3 is 20.3 Å². The number of hydrogen-bond acceptors (Lipinski definition) is 4. The Morgan fingerprint density at radius 3 is 2.52 bits per heavy atom. The number of aromatic hydroxyl groups is 1. The fraction of sp³-hybridized carbons (Fsp3) is 0.500. The largest absolute Gasteiger partial charge is 0.508 e. The van der Waals surface area contributed by atoms with Crippen molar-refractivity contribution < 1.29 is 24.5 Å². The molecule has 7 heteroatoms. The van der Waals surface area contributed by atoms with Gasteiger partial charge in [0.05, 0.1) is 0 Å². The minimum absolute atomic E-state index is 0.00353. The number of carbonyl (C=O) groups excluding carboxylic acids is 1. The summed E-state index contributed by atoms with van der Waals surface area (Å²) < 4.78 is 5.18. The lowest BCUT2D eigenvalue weighted by atomic mass is 10.0. The van der Waals surface area contributed by atoms with Crippen molar-refractivity contribution in [1.82, 2.24) is 5.32 Å². The topological polar surface area (TPSA) is 95.9 Å². The predicted molar refractivity (Wildman–Crippen MR) is 86.8 cm³/mol. The van der Waals surface area contributed by atoms with Crippen molar-refractivity contribution >= 4 is 23.7 Å². The summed E-state index contributed by atoms with van der Waals surface area (Å²) in [5.41, 5.74) is -0.200. The fourth-order valence-corrected chi connectivity index (χ4v) is 2.24. The van der Waals surface area contributed by atoms with E-state index in [2.05, 4.69) is 5.32 Å². The average molecular weight is 344 g/mol. The summed E-state index contributed by atoms with van der Waals surface area (Å²) in [5, 5.41) is 21.7. The SMILES string of the molecule is CC(C)(C)OC(=O)NC(CCC(=O)O)Cc1c(O)cccc1Cl. The number of carbonyl (C=O) groups is 2. The molecule has 0 radical (unpaired) electrons. The van der Waals surface area contributed by atoms with E-state index < -0.39 is 23.7 Å². The maximum atomic E-state index is 11.9. The predicted octanol–water partition coefficient (Wildman–Crippen LogP) is 3.35. The second-order valence-electron chi connectivity index (χ2n) is 6.22. The number of phenolic OH excluding ortho intramolecular Hbond substituents is 1. The Labute approximate surface area is 140 Å². The number of halogens is 1. The molecule has 6 nitrogen and oxygen atoms in total. The molecule has 1 aromatic rings. The van der Waals surface area contributed by atoms with E-state index >= 15 is 0 Å². The van der Waals surface area contributed by atoms with E-state index in [1.54, 1.807) is 32.9 Å². The number of carboxylic acid groups (broad SMARTS) is 1. The highest BCUT2D eigenvalue weighted by molar-refractivity contribution is 6.31. The van der Waals surface area contributed by atoms with Crippen LogP contribution in [0.15, 0.2) is 18.2 Å². The van der Waals surface area contributed by atoms with Crippen LogP contribution in [0.25, 0.3) is 0 Å². The molecule has 1 amide bonds. The highest BCUT2D eigenvalue weighted by Gasteiger charge is 2.22. The Kier molecular flexibility index (Phi) is 6.69. The highest BCUT2D eigenvalue weighted by Crippen LogP contribution is 2.27. The third-order valence-corrected chi connectivity index (χ3v) is 3.33. The van der Waals surface area contributed by atoms with E-state index in [9.17, 15) is 14.7 Å². The van der Waals surface area contributed by atoms with Crippen molar-refractivity contribution in [3.05, 3.63) is 28.8 Å². The van der Waals surface area contributed by atoms with E-state index in [-0.39, 0.29) is 25.0 Å². The Morgan fingerprint density at radius 1 is 1.35 bits per heavy atom. The van der Waals surface area contributed by atoms with Gasteiger partial charge in [0.25, 0.3) is 0 Å². The van der Waals surface area contributed by atoms with Crippen molar-refractivity contribution in [1.29, 1.82) is 0 Å². The van der Waals surface area contributed by atoms with Crippen molar-refractivity contribution in [2.75, 3.05) is 0 Å². The molecule has 23 heavy (non-hydrogen) atoms. The molecule has 0 fully saturated rings. The fourth-order valence-electron chi connectivity index (χ4n) is 1.99. The smallest absolute Gasteiger partial charge is 0.407 e. The van der Waals surface area contributed by atoms with Crippen molar-refractivity contribution in [3.63, 3.8) is 0 Å². The first-order chi connectivity index (χ1) is 10.6. The van der Waals surface area contributed by atoms with E-state index in [0.29, 0.717) is 10.6 Å². The number of benzene rings is 1. The van der Waals surface area contributed by atoms with Gasteiger partial charge >= 0.3 is 12.1 Å². The second-order valence-corrected chi connectivity index (χ2v) is 6.62. The molecule has 0 aromatic heterocycles. The van der Waals surface area contributed by atoms with Crippen LogP contribution in [0.2, 0.25) is 5.02 Å². The molecule has 0 saturated carbocycles. The first kappa shape index (κ1) is 19.1. The lowest BCUT2D eigenvalue weighted by molar-refractivity contribution is -0.137. The van der Waals surface area contributed by atoms with Crippen LogP contribution in [-0.4, -0.2) is 33.9 Å². The standard InChI is InChI=1S/C16H22ClNO5/c1-16(2,3)23-15(22)18-10(7-8-14(20)21)9-11-12(17)5-4-6-13(11)19/h4-6,10,19H,7-9H2,1-3H3,(H,18,22)(H,20,21). The molecule has 0 aliphatic carbocycles. The number of carboxylic acids is 1. The molecular formula is C16H22ClNO5. The van der Waals surface area contributed by atoms with Gasteiger partial charge in [0.15, 0.2) is 0 Å². The van der Waals surface area contributed by atoms with Gasteiger partial charge in [-0.3, -0.25) is 4.79 Å². The molecule has 1 unspecified atom stereocenters. The number of phenols is 1. The normalized spacial score (nSPS) is 12.5. The molecule has 3 N–H and O–H groups in total. The van der Waals surface area contributed by atoms with Crippen LogP contribution in [0.5, 0.6) is 5.75 Å². The zero-order chi connectivity index (χ0) is 17.6. The number of nitrogens with one attached hydrogen (secondary N) is 1. The molecule has 1 aromatic carbocycles. The Morgan fingerprint density at radius 2 is 2.00 bits per heavy atom. The molecule has 0 spiro atoms. The van der Waals surface area contributed by atoms with Crippen molar-refractivity contribution in [2.45, 2.75) is 51.7 Å². The number of hydrogen-bond donors (Lipinski definition) is 3. The van der Waals surface area contributed by atoms with Crippen LogP contribution < -0.4 is 5.32 Å². The van der Waals surface area contributed by atoms with E-state index in [1.807, 2.05) is 0 Å². The molecule has 1 atom stereocenters. The van der Waals surface area contributed by atoms with Gasteiger partial charge in [-0.25, -0.2) is 4.79 Å². The second kappa shape index (κ2) is 8.06. The molecule has 0 aliphatic heterocycles. The Hall–Kier alpha value is -1.95. The summed E-state index contributed by atoms with van der Waals surface area (Å²) in [6.07, 6.45) is -0.359. The van der Waals surface area contributed by atoms with E-state index in [1.165, 1.54) is 6.07 Å². The summed E-state index contributed by atoms with van der Waals surface area (Å²) in [5.74, 6) is -0.965. The Balaban J connectivity index is 2.84. The third-order valence-electron chi connectivity index (χ3n) is 2.97. The van der Waals surface area contributed by atoms with Gasteiger partial charge in [-0.1, -0.05) is 17.7 Å². The summed E-state index contributed by atoms with van der Waals surface area (Å²) >= 11 is 6.06. The minimum Gasteiger partial charge on any atom is -0.508 e. The molecular weight excluding hydrogens is 322 g/mol. The molecule has 0 aliphatic rings. The number of alkyl carbamates (subject to hydrolysis) is 1. The van der Waals surface area contributed by atoms with Gasteiger partial charge in [-0.15, -0.1) is 0 Å². The van der Waals surface area contributed by atoms with Crippen molar-refractivity contribution in [3.8, 4) is 5.75 Å². The summed E-state index contributed by atoms with van der Waals surface area (Å²) in [6.45, 7) is 5.20. The number of amides is 1. The maximum Gasteiger partial charge on any atom is 0.407 e. The van der Waals surface area contributed by atoms with Crippen LogP contribution in [0.4, 0.5) is 4.79 Å². The van der Waals surface area contributed by atoms with Crippen LogP contribution in [0, 0.1) is 0 Å². The zero-order valence-electron chi connectivity index (χ0n) is 13.4. The van der Waals surface area contributed by atoms with Crippen LogP contribution in [-0.2, 0) is 16.0 Å². The van der Waals surface area contributed by atoms with Gasteiger partial charge in [0.2, 0.25) is 0 Å². The summed E-state index contributed by atoms with van der Waals surface area (Å²) in [6, 6.07) is 4.20. The number of aliphatic carboxylic acids is 1. The van der Waals surface area contributed by atoms with Gasteiger partial charge in [0.1, 0.15) is 11.4 Å². The summed E-state index contributed by atoms with van der Waals surface area (Å²) in [4.78, 5) is 22.7. The Bertz CT molecular complexity index is 548. The van der Waals surface area contributed by atoms with Gasteiger partial charge in [0, 0.05) is 23.0 Å². The van der Waals surface area contributed by atoms with Crippen LogP contribution in [0.3, 0.4) is 0 Å². The van der Waals surface area contributed by atoms with E-state index in [4.69, 9.17) is 21.4 Å². The van der Waals surface area contributed by atoms with E-state index in [0.717, 1.165) is 0 Å². The first-order valence-electron chi connectivity index (χ1n) is 7.26. The molecule has 128 valence electrons. The van der Waals surface area contributed by atoms with Gasteiger partial charge in [-0.2, -0.15) is 0 Å². The monoisotopic (exact) mass is 343 g/mol.